The van der Waals surface area contributed by atoms with Crippen LogP contribution in [0.25, 0.3) is 0 Å². The van der Waals surface area contributed by atoms with E-state index in [9.17, 15) is 4.79 Å². The molecule has 1 aliphatic rings. The van der Waals surface area contributed by atoms with Gasteiger partial charge >= 0.3 is 0 Å². The molecule has 1 aromatic rings. The van der Waals surface area contributed by atoms with Gasteiger partial charge in [-0.25, -0.2) is 0 Å². The zero-order chi connectivity index (χ0) is 14.6. The molecule has 1 unspecified atom stereocenters. The SMILES string of the molecule is CCC1(C(=O)Nc2ccc(OC)c(OC)c2)CCCN1. The summed E-state index contributed by atoms with van der Waals surface area (Å²) in [6, 6.07) is 5.38. The summed E-state index contributed by atoms with van der Waals surface area (Å²) < 4.78 is 10.4. The topological polar surface area (TPSA) is 59.6 Å². The highest BCUT2D eigenvalue weighted by Crippen LogP contribution is 2.31. The van der Waals surface area contributed by atoms with Gasteiger partial charge in [0.15, 0.2) is 11.5 Å². The van der Waals surface area contributed by atoms with Gasteiger partial charge in [-0.1, -0.05) is 6.92 Å². The predicted molar refractivity (Wildman–Crippen MR) is 78.4 cm³/mol. The highest BCUT2D eigenvalue weighted by Gasteiger charge is 2.39. The van der Waals surface area contributed by atoms with Crippen LogP contribution in [0.1, 0.15) is 26.2 Å². The maximum Gasteiger partial charge on any atom is 0.244 e. The van der Waals surface area contributed by atoms with E-state index in [1.54, 1.807) is 26.4 Å². The summed E-state index contributed by atoms with van der Waals surface area (Å²) >= 11 is 0. The molecule has 1 aliphatic heterocycles. The van der Waals surface area contributed by atoms with Crippen molar-refractivity contribution in [3.8, 4) is 11.5 Å². The highest BCUT2D eigenvalue weighted by atomic mass is 16.5. The predicted octanol–water partition coefficient (Wildman–Crippen LogP) is 2.17. The molecule has 1 aromatic carbocycles. The van der Waals surface area contributed by atoms with Crippen LogP contribution < -0.4 is 20.1 Å². The molecule has 0 aliphatic carbocycles. The molecule has 1 atom stereocenters. The van der Waals surface area contributed by atoms with Gasteiger partial charge in [0.2, 0.25) is 5.91 Å². The number of carbonyl (C=O) groups excluding carboxylic acids is 1. The van der Waals surface area contributed by atoms with Gasteiger partial charge < -0.3 is 20.1 Å². The summed E-state index contributed by atoms with van der Waals surface area (Å²) in [5, 5.41) is 6.29. The van der Waals surface area contributed by atoms with E-state index in [1.807, 2.05) is 13.0 Å². The van der Waals surface area contributed by atoms with Gasteiger partial charge in [-0.05, 0) is 37.9 Å². The number of benzene rings is 1. The van der Waals surface area contributed by atoms with Crippen LogP contribution in [0, 0.1) is 0 Å². The average molecular weight is 278 g/mol. The molecule has 1 fully saturated rings. The number of ether oxygens (including phenoxy) is 2. The first-order chi connectivity index (χ1) is 9.65. The summed E-state index contributed by atoms with van der Waals surface area (Å²) in [7, 11) is 3.17. The second-order valence-electron chi connectivity index (χ2n) is 4.99. The molecule has 1 heterocycles. The molecular weight excluding hydrogens is 256 g/mol. The molecule has 0 bridgehead atoms. The minimum atomic E-state index is -0.437. The van der Waals surface area contributed by atoms with Crippen molar-refractivity contribution < 1.29 is 14.3 Å². The molecule has 5 nitrogen and oxygen atoms in total. The maximum atomic E-state index is 12.5. The van der Waals surface area contributed by atoms with Crippen LogP contribution in [0.5, 0.6) is 11.5 Å². The van der Waals surface area contributed by atoms with Crippen molar-refractivity contribution >= 4 is 11.6 Å². The number of hydrogen-bond donors (Lipinski definition) is 2. The van der Waals surface area contributed by atoms with Crippen molar-refractivity contribution in [3.63, 3.8) is 0 Å². The largest absolute Gasteiger partial charge is 0.493 e. The van der Waals surface area contributed by atoms with Crippen molar-refractivity contribution in [1.29, 1.82) is 0 Å². The Balaban J connectivity index is 2.15. The van der Waals surface area contributed by atoms with Crippen LogP contribution in [0.3, 0.4) is 0 Å². The molecule has 5 heteroatoms. The molecule has 0 aromatic heterocycles. The summed E-state index contributed by atoms with van der Waals surface area (Å²) in [4.78, 5) is 12.5. The van der Waals surface area contributed by atoms with E-state index >= 15 is 0 Å². The van der Waals surface area contributed by atoms with Crippen LogP contribution in [-0.4, -0.2) is 32.2 Å². The molecule has 0 saturated carbocycles. The third-order valence-corrected chi connectivity index (χ3v) is 3.92. The fourth-order valence-electron chi connectivity index (χ4n) is 2.63. The van der Waals surface area contributed by atoms with Crippen LogP contribution >= 0.6 is 0 Å². The van der Waals surface area contributed by atoms with E-state index in [0.717, 1.165) is 25.8 Å². The second kappa shape index (κ2) is 6.13. The van der Waals surface area contributed by atoms with E-state index < -0.39 is 5.54 Å². The Morgan fingerprint density at radius 1 is 1.35 bits per heavy atom. The van der Waals surface area contributed by atoms with Crippen LogP contribution in [0.4, 0.5) is 5.69 Å². The summed E-state index contributed by atoms with van der Waals surface area (Å²) in [5.74, 6) is 1.27. The Morgan fingerprint density at radius 3 is 2.65 bits per heavy atom. The molecule has 110 valence electrons. The third kappa shape index (κ3) is 2.72. The van der Waals surface area contributed by atoms with Crippen LogP contribution in [-0.2, 0) is 4.79 Å². The first-order valence-corrected chi connectivity index (χ1v) is 6.93. The van der Waals surface area contributed by atoms with Crippen molar-refractivity contribution in [2.75, 3.05) is 26.1 Å². The standard InChI is InChI=1S/C15H22N2O3/c1-4-15(8-5-9-16-15)14(18)17-11-6-7-12(19-2)13(10-11)20-3/h6-7,10,16H,4-5,8-9H2,1-3H3,(H,17,18). The molecule has 0 spiro atoms. The third-order valence-electron chi connectivity index (χ3n) is 3.92. The smallest absolute Gasteiger partial charge is 0.244 e. The number of rotatable bonds is 5. The average Bonchev–Trinajstić information content (AvgIpc) is 2.97. The van der Waals surface area contributed by atoms with Crippen molar-refractivity contribution in [3.05, 3.63) is 18.2 Å². The molecule has 2 rings (SSSR count). The van der Waals surface area contributed by atoms with E-state index in [1.165, 1.54) is 0 Å². The second-order valence-corrected chi connectivity index (χ2v) is 4.99. The molecule has 1 saturated heterocycles. The Labute approximate surface area is 119 Å². The minimum Gasteiger partial charge on any atom is -0.493 e. The lowest BCUT2D eigenvalue weighted by Gasteiger charge is -2.26. The highest BCUT2D eigenvalue weighted by molar-refractivity contribution is 5.98. The Morgan fingerprint density at radius 2 is 2.10 bits per heavy atom. The van der Waals surface area contributed by atoms with Crippen LogP contribution in [0.2, 0.25) is 0 Å². The molecule has 2 N–H and O–H groups in total. The van der Waals surface area contributed by atoms with E-state index in [0.29, 0.717) is 17.2 Å². The lowest BCUT2D eigenvalue weighted by molar-refractivity contribution is -0.122. The number of carbonyl (C=O) groups is 1. The van der Waals surface area contributed by atoms with Crippen LogP contribution in [0.15, 0.2) is 18.2 Å². The zero-order valence-corrected chi connectivity index (χ0v) is 12.3. The van der Waals surface area contributed by atoms with E-state index in [2.05, 4.69) is 10.6 Å². The van der Waals surface area contributed by atoms with Crippen molar-refractivity contribution in [2.45, 2.75) is 31.7 Å². The Bertz CT molecular complexity index is 482. The quantitative estimate of drug-likeness (QED) is 0.866. The number of methoxy groups -OCH3 is 2. The van der Waals surface area contributed by atoms with E-state index in [4.69, 9.17) is 9.47 Å². The Hall–Kier alpha value is -1.75. The van der Waals surface area contributed by atoms with Gasteiger partial charge in [-0.15, -0.1) is 0 Å². The summed E-state index contributed by atoms with van der Waals surface area (Å²) in [6.07, 6.45) is 2.70. The number of nitrogens with one attached hydrogen (secondary N) is 2. The van der Waals surface area contributed by atoms with Gasteiger partial charge in [0.05, 0.1) is 19.8 Å². The van der Waals surface area contributed by atoms with Gasteiger partial charge in [-0.3, -0.25) is 4.79 Å². The van der Waals surface area contributed by atoms with Gasteiger partial charge in [0.25, 0.3) is 0 Å². The fraction of sp³-hybridized carbons (Fsp3) is 0.533. The normalized spacial score (nSPS) is 21.6. The monoisotopic (exact) mass is 278 g/mol. The minimum absolute atomic E-state index is 0.0183. The van der Waals surface area contributed by atoms with Gasteiger partial charge in [0.1, 0.15) is 0 Å². The number of anilines is 1. The van der Waals surface area contributed by atoms with Gasteiger partial charge in [-0.2, -0.15) is 0 Å². The Kier molecular flexibility index (Phi) is 4.49. The first-order valence-electron chi connectivity index (χ1n) is 6.93. The van der Waals surface area contributed by atoms with Crippen molar-refractivity contribution in [1.82, 2.24) is 5.32 Å². The van der Waals surface area contributed by atoms with Gasteiger partial charge in [0, 0.05) is 11.8 Å². The van der Waals surface area contributed by atoms with E-state index in [-0.39, 0.29) is 5.91 Å². The fourth-order valence-corrected chi connectivity index (χ4v) is 2.63. The number of hydrogen-bond acceptors (Lipinski definition) is 4. The maximum absolute atomic E-state index is 12.5. The molecule has 0 radical (unpaired) electrons. The molecule has 20 heavy (non-hydrogen) atoms. The molecule has 1 amide bonds. The zero-order valence-electron chi connectivity index (χ0n) is 12.3. The van der Waals surface area contributed by atoms with Crippen molar-refractivity contribution in [2.24, 2.45) is 0 Å². The number of amides is 1. The first kappa shape index (κ1) is 14.7. The lowest BCUT2D eigenvalue weighted by atomic mass is 9.93. The summed E-state index contributed by atoms with van der Waals surface area (Å²) in [5.41, 5.74) is 0.279. The summed E-state index contributed by atoms with van der Waals surface area (Å²) in [6.45, 7) is 2.93. The lowest BCUT2D eigenvalue weighted by Crippen LogP contribution is -2.50. The molecular formula is C15H22N2O3.